The first-order chi connectivity index (χ1) is 9.22. The van der Waals surface area contributed by atoms with Crippen LogP contribution >= 0.6 is 0 Å². The summed E-state index contributed by atoms with van der Waals surface area (Å²) in [6.45, 7) is 5.00. The molecule has 1 fully saturated rings. The highest BCUT2D eigenvalue weighted by molar-refractivity contribution is 5.90. The van der Waals surface area contributed by atoms with Crippen LogP contribution in [-0.2, 0) is 6.42 Å². The lowest BCUT2D eigenvalue weighted by Gasteiger charge is -2.27. The van der Waals surface area contributed by atoms with E-state index in [0.29, 0.717) is 5.92 Å². The lowest BCUT2D eigenvalue weighted by atomic mass is 9.81. The number of carbonyl (C=O) groups is 1. The molecule has 1 aliphatic rings. The molecule has 0 unspecified atom stereocenters. The number of nitrogens with zero attached hydrogens (tertiary/aromatic N) is 2. The first-order valence-corrected chi connectivity index (χ1v) is 7.42. The summed E-state index contributed by atoms with van der Waals surface area (Å²) in [4.78, 5) is 16.0. The van der Waals surface area contributed by atoms with E-state index < -0.39 is 0 Å². The molecule has 0 aliphatic heterocycles. The number of aromatic amines is 1. The van der Waals surface area contributed by atoms with Gasteiger partial charge in [0, 0.05) is 13.0 Å². The molecule has 0 atom stereocenters. The van der Waals surface area contributed by atoms with E-state index in [2.05, 4.69) is 27.4 Å². The first kappa shape index (κ1) is 14.0. The molecule has 2 rings (SSSR count). The molecule has 0 spiro atoms. The number of amides is 1. The number of nitrogens with one attached hydrogen (secondary N) is 2. The van der Waals surface area contributed by atoms with Crippen molar-refractivity contribution in [3.63, 3.8) is 0 Å². The maximum absolute atomic E-state index is 11.9. The molecule has 0 radical (unpaired) electrons. The molecular weight excluding hydrogens is 240 g/mol. The Kier molecular flexibility index (Phi) is 4.93. The van der Waals surface area contributed by atoms with Gasteiger partial charge in [-0.05, 0) is 24.7 Å². The van der Waals surface area contributed by atoms with Crippen molar-refractivity contribution in [3.8, 4) is 0 Å². The van der Waals surface area contributed by atoms with E-state index in [1.807, 2.05) is 6.92 Å². The molecule has 2 N–H and O–H groups in total. The van der Waals surface area contributed by atoms with Crippen LogP contribution in [0.25, 0.3) is 0 Å². The van der Waals surface area contributed by atoms with E-state index in [4.69, 9.17) is 0 Å². The number of rotatable bonds is 5. The fraction of sp³-hybridized carbons (Fsp3) is 0.786. The second-order valence-corrected chi connectivity index (χ2v) is 5.46. The molecule has 0 aromatic carbocycles. The number of aromatic nitrogens is 3. The minimum Gasteiger partial charge on any atom is -0.349 e. The lowest BCUT2D eigenvalue weighted by Crippen LogP contribution is -2.31. The minimum absolute atomic E-state index is 0.159. The van der Waals surface area contributed by atoms with Gasteiger partial charge in [-0.15, -0.1) is 5.10 Å². The third-order valence-electron chi connectivity index (χ3n) is 4.16. The van der Waals surface area contributed by atoms with Gasteiger partial charge in [-0.25, -0.2) is 4.98 Å². The van der Waals surface area contributed by atoms with Gasteiger partial charge < -0.3 is 5.32 Å². The summed E-state index contributed by atoms with van der Waals surface area (Å²) in [7, 11) is 0. The van der Waals surface area contributed by atoms with Crippen molar-refractivity contribution < 1.29 is 4.79 Å². The van der Waals surface area contributed by atoms with E-state index in [1.54, 1.807) is 0 Å². The maximum Gasteiger partial charge on any atom is 0.290 e. The van der Waals surface area contributed by atoms with Crippen LogP contribution < -0.4 is 5.32 Å². The number of hydrogen-bond acceptors (Lipinski definition) is 3. The Morgan fingerprint density at radius 1 is 1.26 bits per heavy atom. The topological polar surface area (TPSA) is 70.7 Å². The van der Waals surface area contributed by atoms with Crippen molar-refractivity contribution in [2.75, 3.05) is 6.54 Å². The number of aryl methyl sites for hydroxylation is 1. The van der Waals surface area contributed by atoms with Gasteiger partial charge in [0.15, 0.2) is 0 Å². The summed E-state index contributed by atoms with van der Waals surface area (Å²) in [5.41, 5.74) is 0. The molecule has 0 bridgehead atoms. The molecule has 5 heteroatoms. The van der Waals surface area contributed by atoms with Gasteiger partial charge in [0.2, 0.25) is 5.82 Å². The molecule has 0 saturated heterocycles. The summed E-state index contributed by atoms with van der Waals surface area (Å²) in [5, 5.41) is 9.65. The van der Waals surface area contributed by atoms with Crippen molar-refractivity contribution in [2.24, 2.45) is 11.8 Å². The highest BCUT2D eigenvalue weighted by Crippen LogP contribution is 2.30. The molecule has 1 aromatic heterocycles. The minimum atomic E-state index is -0.159. The van der Waals surface area contributed by atoms with Gasteiger partial charge in [0.1, 0.15) is 5.82 Å². The molecule has 1 aromatic rings. The molecular formula is C14H24N4O. The average Bonchev–Trinajstić information content (AvgIpc) is 2.94. The molecule has 106 valence electrons. The van der Waals surface area contributed by atoms with Crippen LogP contribution in [0.4, 0.5) is 0 Å². The van der Waals surface area contributed by atoms with Crippen molar-refractivity contribution in [3.05, 3.63) is 11.6 Å². The lowest BCUT2D eigenvalue weighted by molar-refractivity contribution is 0.0931. The largest absolute Gasteiger partial charge is 0.349 e. The summed E-state index contributed by atoms with van der Waals surface area (Å²) >= 11 is 0. The third kappa shape index (κ3) is 3.78. The first-order valence-electron chi connectivity index (χ1n) is 7.42. The highest BCUT2D eigenvalue weighted by Gasteiger charge is 2.21. The third-order valence-corrected chi connectivity index (χ3v) is 4.16. The SMILES string of the molecule is CCc1nc(C(=O)NCC2CCC(CC)CC2)n[nH]1. The standard InChI is InChI=1S/C14H24N4O/c1-3-10-5-7-11(8-6-10)9-15-14(19)13-16-12(4-2)17-18-13/h10-11H,3-9H2,1-2H3,(H,15,19)(H,16,17,18). The van der Waals surface area contributed by atoms with E-state index in [9.17, 15) is 4.79 Å². The number of carbonyl (C=O) groups excluding carboxylic acids is 1. The monoisotopic (exact) mass is 264 g/mol. The van der Waals surface area contributed by atoms with Gasteiger partial charge in [0.25, 0.3) is 5.91 Å². The second kappa shape index (κ2) is 6.68. The fourth-order valence-electron chi connectivity index (χ4n) is 2.71. The van der Waals surface area contributed by atoms with Gasteiger partial charge in [-0.1, -0.05) is 33.1 Å². The van der Waals surface area contributed by atoms with E-state index in [0.717, 1.165) is 24.7 Å². The number of hydrogen-bond donors (Lipinski definition) is 2. The maximum atomic E-state index is 11.9. The predicted molar refractivity (Wildman–Crippen MR) is 73.8 cm³/mol. The van der Waals surface area contributed by atoms with Crippen molar-refractivity contribution in [1.82, 2.24) is 20.5 Å². The van der Waals surface area contributed by atoms with E-state index in [-0.39, 0.29) is 11.7 Å². The van der Waals surface area contributed by atoms with Gasteiger partial charge in [-0.3, -0.25) is 9.89 Å². The van der Waals surface area contributed by atoms with Crippen LogP contribution in [0.5, 0.6) is 0 Å². The zero-order valence-corrected chi connectivity index (χ0v) is 11.9. The van der Waals surface area contributed by atoms with Crippen LogP contribution in [0.2, 0.25) is 0 Å². The zero-order valence-electron chi connectivity index (χ0n) is 11.9. The Morgan fingerprint density at radius 3 is 2.53 bits per heavy atom. The zero-order chi connectivity index (χ0) is 13.7. The van der Waals surface area contributed by atoms with Crippen LogP contribution in [0.1, 0.15) is 62.4 Å². The van der Waals surface area contributed by atoms with Crippen LogP contribution in [-0.4, -0.2) is 27.6 Å². The van der Waals surface area contributed by atoms with Crippen LogP contribution in [0.3, 0.4) is 0 Å². The average molecular weight is 264 g/mol. The summed E-state index contributed by atoms with van der Waals surface area (Å²) < 4.78 is 0. The highest BCUT2D eigenvalue weighted by atomic mass is 16.2. The summed E-state index contributed by atoms with van der Waals surface area (Å²) in [6.07, 6.45) is 7.12. The van der Waals surface area contributed by atoms with Crippen LogP contribution in [0, 0.1) is 11.8 Å². The van der Waals surface area contributed by atoms with Crippen molar-refractivity contribution >= 4 is 5.91 Å². The van der Waals surface area contributed by atoms with Crippen molar-refractivity contribution in [1.29, 1.82) is 0 Å². The molecule has 1 heterocycles. The molecule has 1 aliphatic carbocycles. The predicted octanol–water partition coefficient (Wildman–Crippen LogP) is 2.31. The van der Waals surface area contributed by atoms with Crippen LogP contribution in [0.15, 0.2) is 0 Å². The normalized spacial score (nSPS) is 23.3. The summed E-state index contributed by atoms with van der Waals surface area (Å²) in [6, 6.07) is 0. The molecule has 19 heavy (non-hydrogen) atoms. The smallest absolute Gasteiger partial charge is 0.290 e. The Hall–Kier alpha value is -1.39. The van der Waals surface area contributed by atoms with E-state index >= 15 is 0 Å². The Morgan fingerprint density at radius 2 is 1.95 bits per heavy atom. The molecule has 1 amide bonds. The van der Waals surface area contributed by atoms with Gasteiger partial charge in [0.05, 0.1) is 0 Å². The molecule has 5 nitrogen and oxygen atoms in total. The fourth-order valence-corrected chi connectivity index (χ4v) is 2.71. The van der Waals surface area contributed by atoms with Gasteiger partial charge >= 0.3 is 0 Å². The van der Waals surface area contributed by atoms with Crippen molar-refractivity contribution in [2.45, 2.75) is 52.4 Å². The Labute approximate surface area is 114 Å². The Bertz CT molecular complexity index is 407. The van der Waals surface area contributed by atoms with E-state index in [1.165, 1.54) is 32.1 Å². The molecule has 1 saturated carbocycles. The quantitative estimate of drug-likeness (QED) is 0.857. The van der Waals surface area contributed by atoms with Gasteiger partial charge in [-0.2, -0.15) is 0 Å². The summed E-state index contributed by atoms with van der Waals surface area (Å²) in [5.74, 6) is 2.38. The Balaban J connectivity index is 1.75. The number of H-pyrrole nitrogens is 1. The second-order valence-electron chi connectivity index (χ2n) is 5.46.